The third kappa shape index (κ3) is 1.90. The lowest BCUT2D eigenvalue weighted by Gasteiger charge is -2.08. The van der Waals surface area contributed by atoms with E-state index in [1.54, 1.807) is 0 Å². The molecule has 1 aromatic rings. The molecule has 0 spiro atoms. The van der Waals surface area contributed by atoms with E-state index in [9.17, 15) is 19.8 Å². The predicted molar refractivity (Wildman–Crippen MR) is 52.5 cm³/mol. The van der Waals surface area contributed by atoms with E-state index in [1.807, 2.05) is 0 Å². The van der Waals surface area contributed by atoms with Crippen LogP contribution in [-0.2, 0) is 9.47 Å². The van der Waals surface area contributed by atoms with Gasteiger partial charge in [0.1, 0.15) is 22.6 Å². The fourth-order valence-corrected chi connectivity index (χ4v) is 1.16. The Morgan fingerprint density at radius 3 is 2.12 bits per heavy atom. The van der Waals surface area contributed by atoms with Crippen LogP contribution < -0.4 is 0 Å². The quantitative estimate of drug-likeness (QED) is 0.720. The van der Waals surface area contributed by atoms with Crippen LogP contribution in [0.5, 0.6) is 11.5 Å². The summed E-state index contributed by atoms with van der Waals surface area (Å²) in [5.74, 6) is -2.90. The number of esters is 2. The molecular formula is C10H10O6. The van der Waals surface area contributed by atoms with E-state index in [0.717, 1.165) is 26.4 Å². The van der Waals surface area contributed by atoms with Crippen molar-refractivity contribution < 1.29 is 29.3 Å². The molecule has 6 nitrogen and oxygen atoms in total. The highest BCUT2D eigenvalue weighted by atomic mass is 16.5. The van der Waals surface area contributed by atoms with Crippen molar-refractivity contribution in [1.82, 2.24) is 0 Å². The molecule has 0 aromatic heterocycles. The number of hydrogen-bond donors (Lipinski definition) is 2. The Hall–Kier alpha value is -2.24. The molecule has 0 aliphatic rings. The van der Waals surface area contributed by atoms with Crippen LogP contribution in [0.25, 0.3) is 0 Å². The number of aromatic hydroxyl groups is 2. The van der Waals surface area contributed by atoms with Crippen molar-refractivity contribution in [2.45, 2.75) is 0 Å². The van der Waals surface area contributed by atoms with Gasteiger partial charge >= 0.3 is 11.9 Å². The molecular weight excluding hydrogens is 216 g/mol. The Morgan fingerprint density at radius 2 is 1.62 bits per heavy atom. The smallest absolute Gasteiger partial charge is 0.345 e. The second-order valence-corrected chi connectivity index (χ2v) is 2.84. The van der Waals surface area contributed by atoms with Crippen LogP contribution in [0.1, 0.15) is 20.7 Å². The largest absolute Gasteiger partial charge is 0.507 e. The average molecular weight is 226 g/mol. The number of rotatable bonds is 2. The maximum atomic E-state index is 11.2. The zero-order valence-corrected chi connectivity index (χ0v) is 8.68. The summed E-state index contributed by atoms with van der Waals surface area (Å²) in [4.78, 5) is 22.4. The summed E-state index contributed by atoms with van der Waals surface area (Å²) in [5.41, 5.74) is -0.689. The Kier molecular flexibility index (Phi) is 3.34. The number of methoxy groups -OCH3 is 2. The molecule has 0 aliphatic carbocycles. The zero-order valence-electron chi connectivity index (χ0n) is 8.68. The summed E-state index contributed by atoms with van der Waals surface area (Å²) in [6.07, 6.45) is 0. The van der Waals surface area contributed by atoms with E-state index in [1.165, 1.54) is 0 Å². The highest BCUT2D eigenvalue weighted by Gasteiger charge is 2.23. The summed E-state index contributed by atoms with van der Waals surface area (Å²) < 4.78 is 8.75. The Labute approximate surface area is 91.0 Å². The third-order valence-electron chi connectivity index (χ3n) is 1.95. The molecule has 0 aliphatic heterocycles. The van der Waals surface area contributed by atoms with Crippen molar-refractivity contribution in [3.05, 3.63) is 23.3 Å². The van der Waals surface area contributed by atoms with Gasteiger partial charge in [-0.15, -0.1) is 0 Å². The second-order valence-electron chi connectivity index (χ2n) is 2.84. The first kappa shape index (κ1) is 11.8. The summed E-state index contributed by atoms with van der Waals surface area (Å²) in [7, 11) is 2.22. The van der Waals surface area contributed by atoms with E-state index in [-0.39, 0.29) is 5.56 Å². The van der Waals surface area contributed by atoms with Gasteiger partial charge in [-0.05, 0) is 12.1 Å². The number of phenols is 2. The molecule has 0 amide bonds. The molecule has 2 N–H and O–H groups in total. The first-order valence-electron chi connectivity index (χ1n) is 4.24. The van der Waals surface area contributed by atoms with Crippen molar-refractivity contribution in [1.29, 1.82) is 0 Å². The number of phenolic OH excluding ortho intramolecular Hbond substituents is 2. The first-order chi connectivity index (χ1) is 7.52. The Bertz CT molecular complexity index is 437. The van der Waals surface area contributed by atoms with Crippen LogP contribution >= 0.6 is 0 Å². The highest BCUT2D eigenvalue weighted by Crippen LogP contribution is 2.31. The van der Waals surface area contributed by atoms with Gasteiger partial charge in [0.25, 0.3) is 0 Å². The fourth-order valence-electron chi connectivity index (χ4n) is 1.16. The van der Waals surface area contributed by atoms with Gasteiger partial charge in [-0.1, -0.05) is 0 Å². The predicted octanol–water partition coefficient (Wildman–Crippen LogP) is 0.671. The van der Waals surface area contributed by atoms with Gasteiger partial charge in [-0.2, -0.15) is 0 Å². The van der Waals surface area contributed by atoms with Crippen molar-refractivity contribution >= 4 is 11.9 Å². The minimum atomic E-state index is -0.944. The second kappa shape index (κ2) is 4.52. The van der Waals surface area contributed by atoms with Gasteiger partial charge in [-0.3, -0.25) is 0 Å². The van der Waals surface area contributed by atoms with Crippen LogP contribution in [0.15, 0.2) is 12.1 Å². The molecule has 6 heteroatoms. The maximum absolute atomic E-state index is 11.2. The molecule has 0 fully saturated rings. The van der Waals surface area contributed by atoms with E-state index < -0.39 is 29.0 Å². The summed E-state index contributed by atoms with van der Waals surface area (Å²) in [5, 5.41) is 19.0. The van der Waals surface area contributed by atoms with Crippen LogP contribution in [0.4, 0.5) is 0 Å². The van der Waals surface area contributed by atoms with E-state index >= 15 is 0 Å². The lowest BCUT2D eigenvalue weighted by atomic mass is 10.1. The molecule has 1 rings (SSSR count). The van der Waals surface area contributed by atoms with Crippen LogP contribution in [-0.4, -0.2) is 36.4 Å². The maximum Gasteiger partial charge on any atom is 0.345 e. The van der Waals surface area contributed by atoms with Gasteiger partial charge in [0.2, 0.25) is 0 Å². The van der Waals surface area contributed by atoms with Crippen LogP contribution in [0, 0.1) is 0 Å². The van der Waals surface area contributed by atoms with E-state index in [0.29, 0.717) is 0 Å². The van der Waals surface area contributed by atoms with E-state index in [2.05, 4.69) is 9.47 Å². The zero-order chi connectivity index (χ0) is 12.3. The lowest BCUT2D eigenvalue weighted by molar-refractivity contribution is 0.0590. The minimum absolute atomic E-state index is 0.222. The molecule has 0 unspecified atom stereocenters. The van der Waals surface area contributed by atoms with Crippen LogP contribution in [0.3, 0.4) is 0 Å². The Balaban J connectivity index is 3.38. The van der Waals surface area contributed by atoms with E-state index in [4.69, 9.17) is 0 Å². The van der Waals surface area contributed by atoms with Gasteiger partial charge in [0.15, 0.2) is 0 Å². The fraction of sp³-hybridized carbons (Fsp3) is 0.200. The number of hydrogen-bond acceptors (Lipinski definition) is 6. The molecule has 0 bridgehead atoms. The number of benzene rings is 1. The van der Waals surface area contributed by atoms with Gasteiger partial charge in [0.05, 0.1) is 14.2 Å². The number of ether oxygens (including phenoxy) is 2. The number of carbonyl (C=O) groups is 2. The monoisotopic (exact) mass is 226 g/mol. The first-order valence-corrected chi connectivity index (χ1v) is 4.24. The standard InChI is InChI=1S/C10H10O6/c1-15-9(13)5-3-4-6(11)7(8(5)12)10(14)16-2/h3-4,11-12H,1-2H3. The summed E-state index contributed by atoms with van der Waals surface area (Å²) >= 11 is 0. The topological polar surface area (TPSA) is 93.1 Å². The van der Waals surface area contributed by atoms with Crippen LogP contribution in [0.2, 0.25) is 0 Å². The van der Waals surface area contributed by atoms with Crippen molar-refractivity contribution in [3.63, 3.8) is 0 Å². The molecule has 86 valence electrons. The van der Waals surface area contributed by atoms with Crippen molar-refractivity contribution in [3.8, 4) is 11.5 Å². The minimum Gasteiger partial charge on any atom is -0.507 e. The van der Waals surface area contributed by atoms with Gasteiger partial charge in [0, 0.05) is 0 Å². The third-order valence-corrected chi connectivity index (χ3v) is 1.95. The number of carbonyl (C=O) groups excluding carboxylic acids is 2. The molecule has 0 heterocycles. The normalized spacial score (nSPS) is 9.62. The summed E-state index contributed by atoms with van der Waals surface area (Å²) in [6, 6.07) is 2.24. The lowest BCUT2D eigenvalue weighted by Crippen LogP contribution is -2.07. The highest BCUT2D eigenvalue weighted by molar-refractivity contribution is 6.01. The van der Waals surface area contributed by atoms with Gasteiger partial charge < -0.3 is 19.7 Å². The molecule has 16 heavy (non-hydrogen) atoms. The van der Waals surface area contributed by atoms with Crippen molar-refractivity contribution in [2.24, 2.45) is 0 Å². The summed E-state index contributed by atoms with van der Waals surface area (Å²) in [6.45, 7) is 0. The average Bonchev–Trinajstić information content (AvgIpc) is 2.28. The van der Waals surface area contributed by atoms with Gasteiger partial charge in [-0.25, -0.2) is 9.59 Å². The molecule has 0 saturated heterocycles. The molecule has 0 saturated carbocycles. The van der Waals surface area contributed by atoms with Crippen molar-refractivity contribution in [2.75, 3.05) is 14.2 Å². The SMILES string of the molecule is COC(=O)c1ccc(O)c(C(=O)OC)c1O. The molecule has 0 radical (unpaired) electrons. The Morgan fingerprint density at radius 1 is 1.06 bits per heavy atom. The molecule has 0 atom stereocenters. The molecule has 1 aromatic carbocycles.